The molecular formula is C43H44ClFN8O5. The summed E-state index contributed by atoms with van der Waals surface area (Å²) >= 11 is 6.37. The van der Waals surface area contributed by atoms with Gasteiger partial charge in [0.05, 0.1) is 27.4 Å². The maximum Gasteiger partial charge on any atom is 0.262 e. The Morgan fingerprint density at radius 3 is 2.21 bits per heavy atom. The van der Waals surface area contributed by atoms with Gasteiger partial charge in [0.2, 0.25) is 11.8 Å². The van der Waals surface area contributed by atoms with Crippen LogP contribution in [0.2, 0.25) is 5.02 Å². The summed E-state index contributed by atoms with van der Waals surface area (Å²) in [7, 11) is 0. The summed E-state index contributed by atoms with van der Waals surface area (Å²) in [6.45, 7) is 8.73. The van der Waals surface area contributed by atoms with Gasteiger partial charge < -0.3 is 19.6 Å². The molecule has 0 radical (unpaired) electrons. The first kappa shape index (κ1) is 38.0. The summed E-state index contributed by atoms with van der Waals surface area (Å²) in [4.78, 5) is 75.6. The number of nitrogens with one attached hydrogen (secondary N) is 1. The number of imide groups is 2. The topological polar surface area (TPSA) is 141 Å². The predicted molar refractivity (Wildman–Crippen MR) is 214 cm³/mol. The molecule has 13 nitrogen and oxygen atoms in total. The summed E-state index contributed by atoms with van der Waals surface area (Å²) in [6.07, 6.45) is 3.32. The highest BCUT2D eigenvalue weighted by molar-refractivity contribution is 6.32. The Morgan fingerprint density at radius 1 is 0.879 bits per heavy atom. The van der Waals surface area contributed by atoms with Gasteiger partial charge in [0.15, 0.2) is 0 Å². The summed E-state index contributed by atoms with van der Waals surface area (Å²) in [5.41, 5.74) is 3.78. The van der Waals surface area contributed by atoms with E-state index in [0.717, 1.165) is 61.2 Å². The van der Waals surface area contributed by atoms with Crippen LogP contribution < -0.4 is 20.0 Å². The van der Waals surface area contributed by atoms with Gasteiger partial charge in [-0.3, -0.25) is 39.1 Å². The Bertz CT molecular complexity index is 2260. The van der Waals surface area contributed by atoms with Crippen molar-refractivity contribution in [3.8, 4) is 6.07 Å². The first-order chi connectivity index (χ1) is 27.9. The van der Waals surface area contributed by atoms with Gasteiger partial charge in [0, 0.05) is 94.3 Å². The zero-order chi connectivity index (χ0) is 40.5. The number of anilines is 3. The van der Waals surface area contributed by atoms with Crippen molar-refractivity contribution in [3.63, 3.8) is 0 Å². The number of halogens is 2. The average Bonchev–Trinajstić information content (AvgIpc) is 3.65. The van der Waals surface area contributed by atoms with Gasteiger partial charge in [-0.25, -0.2) is 4.39 Å². The van der Waals surface area contributed by atoms with Crippen LogP contribution in [0.1, 0.15) is 75.7 Å². The van der Waals surface area contributed by atoms with Crippen molar-refractivity contribution in [2.75, 3.05) is 73.6 Å². The molecule has 3 aromatic rings. The number of nitrogens with zero attached hydrogens (tertiary/aromatic N) is 7. The van der Waals surface area contributed by atoms with Gasteiger partial charge in [0.1, 0.15) is 17.9 Å². The van der Waals surface area contributed by atoms with E-state index in [9.17, 15) is 29.2 Å². The highest BCUT2D eigenvalue weighted by atomic mass is 35.5. The van der Waals surface area contributed by atoms with Crippen LogP contribution >= 0.6 is 11.6 Å². The Hall–Kier alpha value is -5.52. The summed E-state index contributed by atoms with van der Waals surface area (Å²) in [5.74, 6) is -3.17. The average molecular weight is 807 g/mol. The number of nitriles is 1. The SMILES string of the molecule is CC1CC2(CCN(c3ccc(C(=O)N4CCN(C5CN(c6cc7c(cc6F)C(=O)N(C6CCC(=O)NC6=O)C7=O)C5)CC4)cc3)CC2)CN1c1ccc(C#N)c(Cl)c1. The van der Waals surface area contributed by atoms with Gasteiger partial charge in [-0.1, -0.05) is 11.6 Å². The molecule has 300 valence electrons. The Labute approximate surface area is 340 Å². The molecule has 5 fully saturated rings. The standard InChI is InChI=1S/C43H44ClFN8O5/c1-26-21-43(25-52(26)30-7-4-28(22-46)34(44)18-30)10-12-48(13-11-43)29-5-2-27(3-6-29)40(56)50-16-14-49(15-17-50)31-23-51(24-31)37-20-33-32(19-35(37)45)41(57)53(42(33)58)36-8-9-38(54)47-39(36)55/h2-7,18-20,26,31,36H,8-17,21,23-25H2,1H3,(H,47,54,55). The fourth-order valence-electron chi connectivity index (χ4n) is 9.93. The lowest BCUT2D eigenvalue weighted by Crippen LogP contribution is -2.63. The van der Waals surface area contributed by atoms with E-state index in [4.69, 9.17) is 11.6 Å². The van der Waals surface area contributed by atoms with E-state index in [2.05, 4.69) is 45.1 Å². The highest BCUT2D eigenvalue weighted by Gasteiger charge is 2.47. The van der Waals surface area contributed by atoms with Crippen LogP contribution in [-0.4, -0.2) is 121 Å². The fourth-order valence-corrected chi connectivity index (χ4v) is 10.1. The zero-order valence-corrected chi connectivity index (χ0v) is 33.0. The smallest absolute Gasteiger partial charge is 0.262 e. The second kappa shape index (κ2) is 14.7. The number of rotatable bonds is 6. The monoisotopic (exact) mass is 806 g/mol. The predicted octanol–water partition coefficient (Wildman–Crippen LogP) is 4.28. The van der Waals surface area contributed by atoms with Crippen molar-refractivity contribution in [1.82, 2.24) is 20.0 Å². The third-order valence-electron chi connectivity index (χ3n) is 13.3. The van der Waals surface area contributed by atoms with Crippen molar-refractivity contribution in [2.45, 2.75) is 57.2 Å². The second-order valence-corrected chi connectivity index (χ2v) is 17.1. The van der Waals surface area contributed by atoms with E-state index in [1.807, 2.05) is 34.1 Å². The van der Waals surface area contributed by atoms with Crippen molar-refractivity contribution in [1.29, 1.82) is 5.26 Å². The summed E-state index contributed by atoms with van der Waals surface area (Å²) in [5, 5.41) is 11.9. The Balaban J connectivity index is 0.750. The molecule has 1 N–H and O–H groups in total. The Kier molecular flexibility index (Phi) is 9.63. The number of carbonyl (C=O) groups is 5. The highest BCUT2D eigenvalue weighted by Crippen LogP contribution is 2.46. The van der Waals surface area contributed by atoms with E-state index in [0.29, 0.717) is 61.5 Å². The number of fused-ring (bicyclic) bond motifs is 1. The zero-order valence-electron chi connectivity index (χ0n) is 32.3. The minimum absolute atomic E-state index is 0.00718. The quantitative estimate of drug-likeness (QED) is 0.359. The van der Waals surface area contributed by atoms with Crippen molar-refractivity contribution in [2.24, 2.45) is 5.41 Å². The number of hydrogen-bond donors (Lipinski definition) is 1. The van der Waals surface area contributed by atoms with Crippen LogP contribution in [0.5, 0.6) is 0 Å². The second-order valence-electron chi connectivity index (χ2n) is 16.7. The lowest BCUT2D eigenvalue weighted by Gasteiger charge is -2.49. The molecular weight excluding hydrogens is 763 g/mol. The van der Waals surface area contributed by atoms with Crippen molar-refractivity contribution >= 4 is 58.2 Å². The molecule has 5 saturated heterocycles. The lowest BCUT2D eigenvalue weighted by atomic mass is 9.76. The summed E-state index contributed by atoms with van der Waals surface area (Å²) < 4.78 is 15.4. The molecule has 5 amide bonds. The van der Waals surface area contributed by atoms with Gasteiger partial charge in [-0.15, -0.1) is 0 Å². The minimum Gasteiger partial charge on any atom is -0.371 e. The van der Waals surface area contributed by atoms with E-state index < -0.39 is 35.5 Å². The lowest BCUT2D eigenvalue weighted by molar-refractivity contribution is -0.136. The minimum atomic E-state index is -1.11. The van der Waals surface area contributed by atoms with Crippen LogP contribution in [0, 0.1) is 22.6 Å². The van der Waals surface area contributed by atoms with Crippen LogP contribution in [0.4, 0.5) is 21.5 Å². The first-order valence-electron chi connectivity index (χ1n) is 20.1. The van der Waals surface area contributed by atoms with Crippen LogP contribution in [-0.2, 0) is 9.59 Å². The van der Waals surface area contributed by atoms with Crippen LogP contribution in [0.15, 0.2) is 54.6 Å². The molecule has 0 aliphatic carbocycles. The maximum absolute atomic E-state index is 15.4. The van der Waals surface area contributed by atoms with Crippen LogP contribution in [0.25, 0.3) is 0 Å². The molecule has 15 heteroatoms. The van der Waals surface area contributed by atoms with Crippen molar-refractivity contribution in [3.05, 3.63) is 87.7 Å². The normalized spacial score (nSPS) is 23.7. The number of piperazine rings is 1. The molecule has 2 atom stereocenters. The largest absolute Gasteiger partial charge is 0.371 e. The molecule has 1 spiro atoms. The van der Waals surface area contributed by atoms with E-state index in [-0.39, 0.29) is 47.0 Å². The van der Waals surface area contributed by atoms with Gasteiger partial charge in [-0.05, 0) is 92.6 Å². The van der Waals surface area contributed by atoms with Gasteiger partial charge >= 0.3 is 0 Å². The number of carbonyl (C=O) groups excluding carboxylic acids is 5. The molecule has 2 unspecified atom stereocenters. The first-order valence-corrected chi connectivity index (χ1v) is 20.4. The molecule has 0 aromatic heterocycles. The van der Waals surface area contributed by atoms with Crippen molar-refractivity contribution < 1.29 is 28.4 Å². The fraction of sp³-hybridized carbons (Fsp3) is 0.442. The van der Waals surface area contributed by atoms with E-state index >= 15 is 4.39 Å². The molecule has 6 aliphatic heterocycles. The number of amides is 5. The molecule has 0 saturated carbocycles. The van der Waals surface area contributed by atoms with E-state index in [1.165, 1.54) is 6.07 Å². The summed E-state index contributed by atoms with van der Waals surface area (Å²) in [6, 6.07) is 17.7. The number of piperidine rings is 2. The third-order valence-corrected chi connectivity index (χ3v) is 13.6. The number of benzene rings is 3. The molecule has 0 bridgehead atoms. The number of hydrogen-bond acceptors (Lipinski definition) is 10. The molecule has 6 aliphatic rings. The molecule has 3 aromatic carbocycles. The molecule has 58 heavy (non-hydrogen) atoms. The molecule has 6 heterocycles. The maximum atomic E-state index is 15.4. The molecule has 9 rings (SSSR count). The van der Waals surface area contributed by atoms with Gasteiger partial charge in [0.25, 0.3) is 17.7 Å². The Morgan fingerprint density at radius 2 is 1.55 bits per heavy atom. The third kappa shape index (κ3) is 6.63. The van der Waals surface area contributed by atoms with Gasteiger partial charge in [-0.2, -0.15) is 5.26 Å². The van der Waals surface area contributed by atoms with Crippen LogP contribution in [0.3, 0.4) is 0 Å². The van der Waals surface area contributed by atoms with E-state index in [1.54, 1.807) is 6.07 Å².